The normalized spacial score (nSPS) is 17.4. The van der Waals surface area contributed by atoms with Crippen molar-refractivity contribution in [2.45, 2.75) is 39.3 Å². The van der Waals surface area contributed by atoms with Crippen LogP contribution >= 0.6 is 0 Å². The monoisotopic (exact) mass is 334 g/mol. The highest BCUT2D eigenvalue weighted by Crippen LogP contribution is 2.26. The Labute approximate surface area is 147 Å². The number of nitrogens with zero attached hydrogens (tertiary/aromatic N) is 4. The number of aryl methyl sites for hydroxylation is 2. The lowest BCUT2D eigenvalue weighted by molar-refractivity contribution is 0.0723. The number of aromatic nitrogens is 3. The van der Waals surface area contributed by atoms with Gasteiger partial charge in [0.15, 0.2) is 0 Å². The Morgan fingerprint density at radius 2 is 2.16 bits per heavy atom. The van der Waals surface area contributed by atoms with Gasteiger partial charge in [-0.3, -0.25) is 14.5 Å². The highest BCUT2D eigenvalue weighted by molar-refractivity contribution is 6.06. The highest BCUT2D eigenvalue weighted by Gasteiger charge is 2.30. The van der Waals surface area contributed by atoms with Crippen molar-refractivity contribution in [3.8, 4) is 0 Å². The van der Waals surface area contributed by atoms with Crippen molar-refractivity contribution in [2.75, 3.05) is 6.54 Å². The SMILES string of the molecule is Cc1ccc2nc(C)cc(C(=O)N3CCCC3Cn3cccn3)c2c1. The van der Waals surface area contributed by atoms with Crippen LogP contribution in [0.3, 0.4) is 0 Å². The van der Waals surface area contributed by atoms with Crippen LogP contribution in [0.2, 0.25) is 0 Å². The number of amides is 1. The van der Waals surface area contributed by atoms with Crippen LogP contribution in [0.25, 0.3) is 10.9 Å². The fourth-order valence-electron chi connectivity index (χ4n) is 3.72. The average molecular weight is 334 g/mol. The standard InChI is InChI=1S/C20H22N4O/c1-14-6-7-19-17(11-14)18(12-15(2)22-19)20(25)24-10-3-5-16(24)13-23-9-4-8-21-23/h4,6-9,11-12,16H,3,5,10,13H2,1-2H3. The minimum Gasteiger partial charge on any atom is -0.334 e. The third-order valence-corrected chi connectivity index (χ3v) is 4.92. The summed E-state index contributed by atoms with van der Waals surface area (Å²) in [6.07, 6.45) is 5.80. The van der Waals surface area contributed by atoms with E-state index in [9.17, 15) is 4.79 Å². The Hall–Kier alpha value is -2.69. The molecule has 1 amide bonds. The molecular formula is C20H22N4O. The van der Waals surface area contributed by atoms with Crippen molar-refractivity contribution in [1.82, 2.24) is 19.7 Å². The van der Waals surface area contributed by atoms with E-state index in [1.807, 2.05) is 53.9 Å². The van der Waals surface area contributed by atoms with Gasteiger partial charge in [0.25, 0.3) is 5.91 Å². The zero-order chi connectivity index (χ0) is 17.4. The lowest BCUT2D eigenvalue weighted by atomic mass is 10.0. The van der Waals surface area contributed by atoms with E-state index in [1.54, 1.807) is 6.20 Å². The molecule has 1 atom stereocenters. The molecule has 3 aromatic rings. The van der Waals surface area contributed by atoms with E-state index in [-0.39, 0.29) is 11.9 Å². The fraction of sp³-hybridized carbons (Fsp3) is 0.350. The number of rotatable bonds is 3. The molecule has 128 valence electrons. The van der Waals surface area contributed by atoms with Crippen molar-refractivity contribution >= 4 is 16.8 Å². The largest absolute Gasteiger partial charge is 0.334 e. The second kappa shape index (κ2) is 6.31. The smallest absolute Gasteiger partial charge is 0.254 e. The van der Waals surface area contributed by atoms with Crippen molar-refractivity contribution in [1.29, 1.82) is 0 Å². The van der Waals surface area contributed by atoms with Gasteiger partial charge in [-0.25, -0.2) is 0 Å². The molecule has 1 fully saturated rings. The summed E-state index contributed by atoms with van der Waals surface area (Å²) in [5.74, 6) is 0.107. The highest BCUT2D eigenvalue weighted by atomic mass is 16.2. The van der Waals surface area contributed by atoms with Crippen LogP contribution in [0.5, 0.6) is 0 Å². The molecular weight excluding hydrogens is 312 g/mol. The van der Waals surface area contributed by atoms with Crippen molar-refractivity contribution < 1.29 is 4.79 Å². The van der Waals surface area contributed by atoms with Crippen LogP contribution in [-0.2, 0) is 6.54 Å². The first kappa shape index (κ1) is 15.8. The van der Waals surface area contributed by atoms with Gasteiger partial charge < -0.3 is 4.90 Å². The van der Waals surface area contributed by atoms with Gasteiger partial charge in [-0.05, 0) is 51.0 Å². The van der Waals surface area contributed by atoms with Crippen LogP contribution < -0.4 is 0 Å². The maximum atomic E-state index is 13.3. The Morgan fingerprint density at radius 3 is 2.96 bits per heavy atom. The number of hydrogen-bond donors (Lipinski definition) is 0. The molecule has 1 saturated heterocycles. The number of carbonyl (C=O) groups excluding carboxylic acids is 1. The molecule has 5 nitrogen and oxygen atoms in total. The summed E-state index contributed by atoms with van der Waals surface area (Å²) in [5, 5.41) is 5.24. The van der Waals surface area contributed by atoms with Crippen LogP contribution in [0.4, 0.5) is 0 Å². The van der Waals surface area contributed by atoms with Gasteiger partial charge in [0.05, 0.1) is 23.7 Å². The van der Waals surface area contributed by atoms with Crippen molar-refractivity contribution in [3.63, 3.8) is 0 Å². The Balaban J connectivity index is 1.70. The molecule has 0 bridgehead atoms. The van der Waals surface area contributed by atoms with Gasteiger partial charge in [-0.2, -0.15) is 5.10 Å². The van der Waals surface area contributed by atoms with Gasteiger partial charge in [0.2, 0.25) is 0 Å². The third-order valence-electron chi connectivity index (χ3n) is 4.92. The molecule has 4 rings (SSSR count). The summed E-state index contributed by atoms with van der Waals surface area (Å²) in [4.78, 5) is 19.9. The molecule has 5 heteroatoms. The molecule has 25 heavy (non-hydrogen) atoms. The predicted octanol–water partition coefficient (Wildman–Crippen LogP) is 3.35. The summed E-state index contributed by atoms with van der Waals surface area (Å²) in [6.45, 7) is 5.55. The molecule has 1 aliphatic rings. The van der Waals surface area contributed by atoms with Crippen LogP contribution in [-0.4, -0.2) is 38.2 Å². The first-order valence-corrected chi connectivity index (χ1v) is 8.78. The van der Waals surface area contributed by atoms with E-state index < -0.39 is 0 Å². The molecule has 0 N–H and O–H groups in total. The zero-order valence-corrected chi connectivity index (χ0v) is 14.6. The maximum absolute atomic E-state index is 13.3. The molecule has 1 unspecified atom stereocenters. The molecule has 0 radical (unpaired) electrons. The lowest BCUT2D eigenvalue weighted by Crippen LogP contribution is -2.38. The van der Waals surface area contributed by atoms with E-state index in [1.165, 1.54) is 0 Å². The van der Waals surface area contributed by atoms with Crippen molar-refractivity contribution in [3.05, 3.63) is 59.5 Å². The molecule has 3 heterocycles. The second-order valence-corrected chi connectivity index (χ2v) is 6.85. The lowest BCUT2D eigenvalue weighted by Gasteiger charge is -2.25. The summed E-state index contributed by atoms with van der Waals surface area (Å²) in [6, 6.07) is 10.1. The van der Waals surface area contributed by atoms with Gasteiger partial charge in [0.1, 0.15) is 0 Å². The molecule has 0 spiro atoms. The summed E-state index contributed by atoms with van der Waals surface area (Å²) >= 11 is 0. The summed E-state index contributed by atoms with van der Waals surface area (Å²) in [7, 11) is 0. The molecule has 2 aromatic heterocycles. The van der Waals surface area contributed by atoms with Crippen LogP contribution in [0.1, 0.15) is 34.5 Å². The number of likely N-dealkylation sites (tertiary alicyclic amines) is 1. The number of fused-ring (bicyclic) bond motifs is 1. The predicted molar refractivity (Wildman–Crippen MR) is 97.5 cm³/mol. The topological polar surface area (TPSA) is 51.0 Å². The van der Waals surface area contributed by atoms with Gasteiger partial charge in [-0.15, -0.1) is 0 Å². The van der Waals surface area contributed by atoms with E-state index in [2.05, 4.69) is 16.1 Å². The molecule has 1 aromatic carbocycles. The number of carbonyl (C=O) groups is 1. The quantitative estimate of drug-likeness (QED) is 0.738. The molecule has 1 aliphatic heterocycles. The number of benzene rings is 1. The Kier molecular flexibility index (Phi) is 3.99. The van der Waals surface area contributed by atoms with Gasteiger partial charge in [0, 0.05) is 30.0 Å². The van der Waals surface area contributed by atoms with Crippen LogP contribution in [0, 0.1) is 13.8 Å². The van der Waals surface area contributed by atoms with E-state index >= 15 is 0 Å². The third kappa shape index (κ3) is 3.02. The maximum Gasteiger partial charge on any atom is 0.254 e. The molecule has 0 saturated carbocycles. The first-order chi connectivity index (χ1) is 12.1. The van der Waals surface area contributed by atoms with Crippen molar-refractivity contribution in [2.24, 2.45) is 0 Å². The van der Waals surface area contributed by atoms with E-state index in [4.69, 9.17) is 0 Å². The first-order valence-electron chi connectivity index (χ1n) is 8.78. The van der Waals surface area contributed by atoms with Gasteiger partial charge in [-0.1, -0.05) is 11.6 Å². The number of hydrogen-bond acceptors (Lipinski definition) is 3. The minimum atomic E-state index is 0.107. The summed E-state index contributed by atoms with van der Waals surface area (Å²) in [5.41, 5.74) is 3.67. The van der Waals surface area contributed by atoms with E-state index in [0.29, 0.717) is 0 Å². The minimum absolute atomic E-state index is 0.107. The van der Waals surface area contributed by atoms with E-state index in [0.717, 1.165) is 53.7 Å². The van der Waals surface area contributed by atoms with Gasteiger partial charge >= 0.3 is 0 Å². The Morgan fingerprint density at radius 1 is 1.28 bits per heavy atom. The fourth-order valence-corrected chi connectivity index (χ4v) is 3.72. The number of pyridine rings is 1. The Bertz CT molecular complexity index is 917. The second-order valence-electron chi connectivity index (χ2n) is 6.85. The average Bonchev–Trinajstić information content (AvgIpc) is 3.26. The summed E-state index contributed by atoms with van der Waals surface area (Å²) < 4.78 is 1.91. The zero-order valence-electron chi connectivity index (χ0n) is 14.6. The van der Waals surface area contributed by atoms with Crippen LogP contribution in [0.15, 0.2) is 42.7 Å². The molecule has 0 aliphatic carbocycles.